The van der Waals surface area contributed by atoms with Crippen molar-refractivity contribution >= 4 is 55.4 Å². The summed E-state index contributed by atoms with van der Waals surface area (Å²) in [5.74, 6) is 0.192. The van der Waals surface area contributed by atoms with E-state index < -0.39 is 4.92 Å². The molecule has 0 amide bonds. The molecular weight excluding hydrogens is 408 g/mol. The lowest BCUT2D eigenvalue weighted by Crippen LogP contribution is -2.05. The molecule has 0 aliphatic rings. The van der Waals surface area contributed by atoms with E-state index in [1.165, 1.54) is 17.7 Å². The van der Waals surface area contributed by atoms with Crippen molar-refractivity contribution < 1.29 is 4.92 Å². The Kier molecular flexibility index (Phi) is 4.91. The van der Waals surface area contributed by atoms with Gasteiger partial charge in [0.1, 0.15) is 6.33 Å². The summed E-state index contributed by atoms with van der Waals surface area (Å²) >= 11 is 4.77. The van der Waals surface area contributed by atoms with Crippen molar-refractivity contribution in [2.24, 2.45) is 0 Å². The SMILES string of the molecule is Cc1nc(Nc2ncnc(Nc3cccc(Br)c3)c2[N+](=O)[O-])sc1C. The third-order valence-electron chi connectivity index (χ3n) is 3.35. The molecule has 0 saturated carbocycles. The minimum absolute atomic E-state index is 0.0891. The van der Waals surface area contributed by atoms with Crippen LogP contribution in [0.2, 0.25) is 0 Å². The Morgan fingerprint density at radius 1 is 1.20 bits per heavy atom. The molecule has 2 heterocycles. The van der Waals surface area contributed by atoms with Gasteiger partial charge in [0.2, 0.25) is 11.6 Å². The van der Waals surface area contributed by atoms with Crippen molar-refractivity contribution in [3.8, 4) is 0 Å². The second kappa shape index (κ2) is 7.11. The van der Waals surface area contributed by atoms with Crippen molar-refractivity contribution in [2.45, 2.75) is 13.8 Å². The van der Waals surface area contributed by atoms with Crippen LogP contribution in [0.4, 0.5) is 28.1 Å². The molecule has 0 radical (unpaired) electrons. The van der Waals surface area contributed by atoms with Gasteiger partial charge in [-0.3, -0.25) is 10.1 Å². The Morgan fingerprint density at radius 3 is 2.52 bits per heavy atom. The van der Waals surface area contributed by atoms with E-state index in [1.807, 2.05) is 26.0 Å². The summed E-state index contributed by atoms with van der Waals surface area (Å²) in [5.41, 5.74) is 1.30. The van der Waals surface area contributed by atoms with Crippen molar-refractivity contribution in [1.29, 1.82) is 0 Å². The minimum Gasteiger partial charge on any atom is -0.334 e. The number of aromatic nitrogens is 3. The first-order chi connectivity index (χ1) is 11.9. The average molecular weight is 421 g/mol. The largest absolute Gasteiger partial charge is 0.353 e. The van der Waals surface area contributed by atoms with Crippen LogP contribution in [0, 0.1) is 24.0 Å². The molecule has 0 bridgehead atoms. The van der Waals surface area contributed by atoms with E-state index in [0.717, 1.165) is 15.0 Å². The maximum Gasteiger partial charge on any atom is 0.353 e. The lowest BCUT2D eigenvalue weighted by atomic mass is 10.3. The van der Waals surface area contributed by atoms with E-state index in [4.69, 9.17) is 0 Å². The number of nitrogens with one attached hydrogen (secondary N) is 2. The monoisotopic (exact) mass is 420 g/mol. The molecule has 8 nitrogen and oxygen atoms in total. The lowest BCUT2D eigenvalue weighted by molar-refractivity contribution is -0.383. The molecule has 25 heavy (non-hydrogen) atoms. The van der Waals surface area contributed by atoms with E-state index in [0.29, 0.717) is 10.8 Å². The maximum absolute atomic E-state index is 11.6. The molecule has 0 unspecified atom stereocenters. The second-order valence-electron chi connectivity index (χ2n) is 5.10. The number of hydrogen-bond acceptors (Lipinski definition) is 8. The molecule has 2 N–H and O–H groups in total. The number of rotatable bonds is 5. The number of nitro groups is 1. The molecule has 0 aliphatic heterocycles. The van der Waals surface area contributed by atoms with Gasteiger partial charge in [-0.1, -0.05) is 22.0 Å². The highest BCUT2D eigenvalue weighted by Gasteiger charge is 2.24. The van der Waals surface area contributed by atoms with Crippen LogP contribution in [-0.2, 0) is 0 Å². The summed E-state index contributed by atoms with van der Waals surface area (Å²) in [6.07, 6.45) is 1.27. The molecule has 0 aliphatic carbocycles. The highest BCUT2D eigenvalue weighted by molar-refractivity contribution is 9.10. The number of benzene rings is 1. The number of anilines is 4. The van der Waals surface area contributed by atoms with Gasteiger partial charge in [0.25, 0.3) is 0 Å². The van der Waals surface area contributed by atoms with Crippen molar-refractivity contribution in [2.75, 3.05) is 10.6 Å². The first-order valence-corrected chi connectivity index (χ1v) is 8.78. The Balaban J connectivity index is 1.97. The molecule has 2 aromatic heterocycles. The van der Waals surface area contributed by atoms with Gasteiger partial charge in [-0.05, 0) is 32.0 Å². The first kappa shape index (κ1) is 17.2. The minimum atomic E-state index is -0.518. The predicted molar refractivity (Wildman–Crippen MR) is 101 cm³/mol. The van der Waals surface area contributed by atoms with Gasteiger partial charge in [0.05, 0.1) is 10.6 Å². The van der Waals surface area contributed by atoms with Crippen molar-refractivity contribution in [3.63, 3.8) is 0 Å². The smallest absolute Gasteiger partial charge is 0.334 e. The van der Waals surface area contributed by atoms with Gasteiger partial charge in [-0.2, -0.15) is 0 Å². The van der Waals surface area contributed by atoms with Gasteiger partial charge in [0, 0.05) is 15.0 Å². The summed E-state index contributed by atoms with van der Waals surface area (Å²) < 4.78 is 0.848. The normalized spacial score (nSPS) is 10.5. The molecule has 0 saturated heterocycles. The molecule has 128 valence electrons. The molecule has 3 rings (SSSR count). The highest BCUT2D eigenvalue weighted by atomic mass is 79.9. The quantitative estimate of drug-likeness (QED) is 0.454. The average Bonchev–Trinajstić information content (AvgIpc) is 2.85. The first-order valence-electron chi connectivity index (χ1n) is 7.17. The number of halogens is 1. The fourth-order valence-corrected chi connectivity index (χ4v) is 3.28. The van der Waals surface area contributed by atoms with Crippen molar-refractivity contribution in [3.05, 3.63) is 55.8 Å². The zero-order valence-electron chi connectivity index (χ0n) is 13.3. The van der Waals surface area contributed by atoms with Crippen LogP contribution < -0.4 is 10.6 Å². The van der Waals surface area contributed by atoms with Crippen molar-refractivity contribution in [1.82, 2.24) is 15.0 Å². The Hall–Kier alpha value is -2.59. The van der Waals surface area contributed by atoms with Crippen LogP contribution in [0.3, 0.4) is 0 Å². The van der Waals surface area contributed by atoms with Gasteiger partial charge < -0.3 is 10.6 Å². The zero-order chi connectivity index (χ0) is 18.0. The summed E-state index contributed by atoms with van der Waals surface area (Å²) in [6, 6.07) is 7.27. The van der Waals surface area contributed by atoms with E-state index in [2.05, 4.69) is 41.5 Å². The molecule has 0 spiro atoms. The number of nitrogens with zero attached hydrogens (tertiary/aromatic N) is 4. The van der Waals surface area contributed by atoms with Crippen LogP contribution in [0.25, 0.3) is 0 Å². The Labute approximate surface area is 155 Å². The standard InChI is InChI=1S/C15H13BrN6O2S/c1-8-9(2)25-15(19-8)21-14-12(22(23)24)13(17-7-18-14)20-11-5-3-4-10(16)6-11/h3-7H,1-2H3,(H2,17,18,19,20,21). The van der Waals surface area contributed by atoms with E-state index in [-0.39, 0.29) is 17.3 Å². The Morgan fingerprint density at radius 2 is 1.92 bits per heavy atom. The Bertz CT molecular complexity index is 926. The van der Waals surface area contributed by atoms with Crippen LogP contribution in [0.5, 0.6) is 0 Å². The predicted octanol–water partition coefficient (Wildman–Crippen LogP) is 4.71. The van der Waals surface area contributed by atoms with Gasteiger partial charge in [-0.15, -0.1) is 11.3 Å². The number of aryl methyl sites for hydroxylation is 2. The maximum atomic E-state index is 11.6. The topological polar surface area (TPSA) is 106 Å². The second-order valence-corrected chi connectivity index (χ2v) is 7.22. The van der Waals surface area contributed by atoms with Crippen LogP contribution >= 0.6 is 27.3 Å². The van der Waals surface area contributed by atoms with Gasteiger partial charge >= 0.3 is 5.69 Å². The number of thiazole rings is 1. The van der Waals surface area contributed by atoms with E-state index in [9.17, 15) is 10.1 Å². The third-order valence-corrected chi connectivity index (χ3v) is 4.83. The molecule has 0 fully saturated rings. The third kappa shape index (κ3) is 3.91. The number of hydrogen-bond donors (Lipinski definition) is 2. The summed E-state index contributed by atoms with van der Waals surface area (Å²) in [6.45, 7) is 3.82. The molecule has 10 heteroatoms. The fraction of sp³-hybridized carbons (Fsp3) is 0.133. The van der Waals surface area contributed by atoms with E-state index in [1.54, 1.807) is 12.1 Å². The summed E-state index contributed by atoms with van der Waals surface area (Å²) in [4.78, 5) is 24.4. The van der Waals surface area contributed by atoms with Crippen LogP contribution in [-0.4, -0.2) is 19.9 Å². The van der Waals surface area contributed by atoms with Gasteiger partial charge in [-0.25, -0.2) is 15.0 Å². The summed E-state index contributed by atoms with van der Waals surface area (Å²) in [7, 11) is 0. The molecular formula is C15H13BrN6O2S. The van der Waals surface area contributed by atoms with Crippen LogP contribution in [0.1, 0.15) is 10.6 Å². The summed E-state index contributed by atoms with van der Waals surface area (Å²) in [5, 5.41) is 18.0. The lowest BCUT2D eigenvalue weighted by Gasteiger charge is -2.09. The molecule has 3 aromatic rings. The molecule has 0 atom stereocenters. The van der Waals surface area contributed by atoms with Gasteiger partial charge in [0.15, 0.2) is 5.13 Å². The van der Waals surface area contributed by atoms with E-state index >= 15 is 0 Å². The van der Waals surface area contributed by atoms with Crippen LogP contribution in [0.15, 0.2) is 35.1 Å². The highest BCUT2D eigenvalue weighted by Crippen LogP contribution is 2.34. The zero-order valence-corrected chi connectivity index (χ0v) is 15.7. The molecule has 1 aromatic carbocycles. The fourth-order valence-electron chi connectivity index (χ4n) is 2.07.